The minimum Gasteiger partial charge on any atom is -0.307 e. The molecule has 0 spiro atoms. The summed E-state index contributed by atoms with van der Waals surface area (Å²) in [4.78, 5) is 19.0. The van der Waals surface area contributed by atoms with Crippen LogP contribution in [0.2, 0.25) is 10.0 Å². The SMILES string of the molecule is O=C(c1cn(-c2ccc(Cl)c(Cl)c2)cn1)N1CCCc2ccccc21. The van der Waals surface area contributed by atoms with E-state index in [-0.39, 0.29) is 5.91 Å². The molecule has 4 rings (SSSR count). The third-order valence-corrected chi connectivity index (χ3v) is 5.10. The van der Waals surface area contributed by atoms with Crippen molar-refractivity contribution in [1.82, 2.24) is 9.55 Å². The van der Waals surface area contributed by atoms with Gasteiger partial charge in [-0.25, -0.2) is 4.98 Å². The molecule has 25 heavy (non-hydrogen) atoms. The Morgan fingerprint density at radius 1 is 1.08 bits per heavy atom. The molecular formula is C19H15Cl2N3O. The molecule has 0 unspecified atom stereocenters. The molecule has 2 heterocycles. The highest BCUT2D eigenvalue weighted by Gasteiger charge is 2.24. The van der Waals surface area contributed by atoms with Crippen LogP contribution in [0.5, 0.6) is 0 Å². The van der Waals surface area contributed by atoms with Crippen molar-refractivity contribution in [3.8, 4) is 5.69 Å². The molecule has 0 saturated heterocycles. The zero-order chi connectivity index (χ0) is 17.4. The Morgan fingerprint density at radius 2 is 1.92 bits per heavy atom. The van der Waals surface area contributed by atoms with E-state index in [9.17, 15) is 4.79 Å². The number of nitrogens with zero attached hydrogens (tertiary/aromatic N) is 3. The van der Waals surface area contributed by atoms with Gasteiger partial charge < -0.3 is 9.47 Å². The molecule has 0 bridgehead atoms. The lowest BCUT2D eigenvalue weighted by Gasteiger charge is -2.28. The molecule has 0 radical (unpaired) electrons. The number of fused-ring (bicyclic) bond motifs is 1. The van der Waals surface area contributed by atoms with E-state index in [4.69, 9.17) is 23.2 Å². The summed E-state index contributed by atoms with van der Waals surface area (Å²) < 4.78 is 1.77. The standard InChI is InChI=1S/C19H15Cl2N3O/c20-15-8-7-14(10-16(15)21)23-11-17(22-12-23)19(25)24-9-3-5-13-4-1-2-6-18(13)24/h1-2,4,6-8,10-12H,3,5,9H2. The number of hydrogen-bond donors (Lipinski definition) is 0. The molecule has 4 nitrogen and oxygen atoms in total. The molecule has 0 atom stereocenters. The predicted molar refractivity (Wildman–Crippen MR) is 100 cm³/mol. The quantitative estimate of drug-likeness (QED) is 0.650. The second-order valence-electron chi connectivity index (χ2n) is 5.95. The van der Waals surface area contributed by atoms with Gasteiger partial charge in [-0.2, -0.15) is 0 Å². The molecule has 1 amide bonds. The average molecular weight is 372 g/mol. The number of benzene rings is 2. The van der Waals surface area contributed by atoms with Gasteiger partial charge in [-0.05, 0) is 42.7 Å². The molecular weight excluding hydrogens is 357 g/mol. The van der Waals surface area contributed by atoms with E-state index in [1.807, 2.05) is 24.3 Å². The summed E-state index contributed by atoms with van der Waals surface area (Å²) in [5.74, 6) is -0.0917. The fourth-order valence-electron chi connectivity index (χ4n) is 3.10. The zero-order valence-corrected chi connectivity index (χ0v) is 14.8. The fraction of sp³-hybridized carbons (Fsp3) is 0.158. The van der Waals surface area contributed by atoms with Crippen LogP contribution < -0.4 is 4.90 Å². The first kappa shape index (κ1) is 16.2. The summed E-state index contributed by atoms with van der Waals surface area (Å²) in [7, 11) is 0. The van der Waals surface area contributed by atoms with Gasteiger partial charge >= 0.3 is 0 Å². The Bertz CT molecular complexity index is 951. The number of rotatable bonds is 2. The van der Waals surface area contributed by atoms with E-state index >= 15 is 0 Å². The lowest BCUT2D eigenvalue weighted by molar-refractivity contribution is 0.0981. The first-order valence-electron chi connectivity index (χ1n) is 8.02. The average Bonchev–Trinajstić information content (AvgIpc) is 3.13. The zero-order valence-electron chi connectivity index (χ0n) is 13.3. The van der Waals surface area contributed by atoms with Gasteiger partial charge in [0.25, 0.3) is 5.91 Å². The third-order valence-electron chi connectivity index (χ3n) is 4.36. The molecule has 2 aromatic carbocycles. The molecule has 0 N–H and O–H groups in total. The Morgan fingerprint density at radius 3 is 2.76 bits per heavy atom. The largest absolute Gasteiger partial charge is 0.307 e. The lowest BCUT2D eigenvalue weighted by atomic mass is 10.0. The molecule has 1 aromatic heterocycles. The maximum absolute atomic E-state index is 12.9. The summed E-state index contributed by atoms with van der Waals surface area (Å²) in [6.45, 7) is 0.704. The molecule has 0 saturated carbocycles. The maximum Gasteiger partial charge on any atom is 0.278 e. The van der Waals surface area contributed by atoms with Gasteiger partial charge in [0, 0.05) is 24.1 Å². The van der Waals surface area contributed by atoms with Gasteiger partial charge in [0.1, 0.15) is 12.0 Å². The van der Waals surface area contributed by atoms with Crippen molar-refractivity contribution in [3.63, 3.8) is 0 Å². The van der Waals surface area contributed by atoms with E-state index < -0.39 is 0 Å². The predicted octanol–water partition coefficient (Wildman–Crippen LogP) is 4.77. The molecule has 0 aliphatic carbocycles. The van der Waals surface area contributed by atoms with Gasteiger partial charge in [-0.15, -0.1) is 0 Å². The van der Waals surface area contributed by atoms with E-state index in [0.717, 1.165) is 24.2 Å². The third kappa shape index (κ3) is 3.03. The smallest absolute Gasteiger partial charge is 0.278 e. The number of aromatic nitrogens is 2. The number of halogens is 2. The Kier molecular flexibility index (Phi) is 4.24. The molecule has 6 heteroatoms. The van der Waals surface area contributed by atoms with Crippen LogP contribution in [-0.2, 0) is 6.42 Å². The topological polar surface area (TPSA) is 38.1 Å². The van der Waals surface area contributed by atoms with Gasteiger partial charge in [-0.3, -0.25) is 4.79 Å². The van der Waals surface area contributed by atoms with Crippen LogP contribution in [0.1, 0.15) is 22.5 Å². The summed E-state index contributed by atoms with van der Waals surface area (Å²) in [5.41, 5.74) is 3.39. The molecule has 0 fully saturated rings. The Balaban J connectivity index is 1.64. The Labute approximate surface area is 155 Å². The van der Waals surface area contributed by atoms with Crippen LogP contribution in [-0.4, -0.2) is 22.0 Å². The van der Waals surface area contributed by atoms with Gasteiger partial charge in [-0.1, -0.05) is 41.4 Å². The summed E-state index contributed by atoms with van der Waals surface area (Å²) in [6.07, 6.45) is 5.29. The minimum absolute atomic E-state index is 0.0917. The van der Waals surface area contributed by atoms with Gasteiger partial charge in [0.05, 0.1) is 10.0 Å². The molecule has 3 aromatic rings. The van der Waals surface area contributed by atoms with E-state index in [1.165, 1.54) is 5.56 Å². The molecule has 1 aliphatic rings. The van der Waals surface area contributed by atoms with E-state index in [0.29, 0.717) is 22.3 Å². The molecule has 126 valence electrons. The van der Waals surface area contributed by atoms with Crippen molar-refractivity contribution in [3.05, 3.63) is 76.3 Å². The van der Waals surface area contributed by atoms with E-state index in [1.54, 1.807) is 34.1 Å². The number of hydrogen-bond acceptors (Lipinski definition) is 2. The van der Waals surface area contributed by atoms with Crippen molar-refractivity contribution < 1.29 is 4.79 Å². The van der Waals surface area contributed by atoms with Crippen LogP contribution in [0, 0.1) is 0 Å². The van der Waals surface area contributed by atoms with Crippen LogP contribution in [0.15, 0.2) is 55.0 Å². The second-order valence-corrected chi connectivity index (χ2v) is 6.77. The number of carbonyl (C=O) groups excluding carboxylic acids is 1. The first-order chi connectivity index (χ1) is 12.1. The van der Waals surface area contributed by atoms with Crippen molar-refractivity contribution in [2.45, 2.75) is 12.8 Å². The highest BCUT2D eigenvalue weighted by molar-refractivity contribution is 6.42. The number of amides is 1. The monoisotopic (exact) mass is 371 g/mol. The summed E-state index contributed by atoms with van der Waals surface area (Å²) in [6, 6.07) is 13.3. The fourth-order valence-corrected chi connectivity index (χ4v) is 3.40. The number of carbonyl (C=O) groups is 1. The van der Waals surface area contributed by atoms with Crippen molar-refractivity contribution in [2.75, 3.05) is 11.4 Å². The van der Waals surface area contributed by atoms with Gasteiger partial charge in [0.2, 0.25) is 0 Å². The lowest BCUT2D eigenvalue weighted by Crippen LogP contribution is -2.35. The van der Waals surface area contributed by atoms with Crippen LogP contribution in [0.4, 0.5) is 5.69 Å². The first-order valence-corrected chi connectivity index (χ1v) is 8.78. The van der Waals surface area contributed by atoms with Crippen molar-refractivity contribution in [1.29, 1.82) is 0 Å². The number of anilines is 1. The number of aryl methyl sites for hydroxylation is 1. The Hall–Kier alpha value is -2.30. The van der Waals surface area contributed by atoms with Crippen molar-refractivity contribution in [2.24, 2.45) is 0 Å². The number of para-hydroxylation sites is 1. The van der Waals surface area contributed by atoms with Crippen LogP contribution >= 0.6 is 23.2 Å². The van der Waals surface area contributed by atoms with Crippen molar-refractivity contribution >= 4 is 34.8 Å². The minimum atomic E-state index is -0.0917. The van der Waals surface area contributed by atoms with Crippen LogP contribution in [0.3, 0.4) is 0 Å². The summed E-state index contributed by atoms with van der Waals surface area (Å²) in [5, 5.41) is 0.956. The molecule has 1 aliphatic heterocycles. The normalized spacial score (nSPS) is 13.6. The van der Waals surface area contributed by atoms with Crippen LogP contribution in [0.25, 0.3) is 5.69 Å². The second kappa shape index (κ2) is 6.54. The highest BCUT2D eigenvalue weighted by Crippen LogP contribution is 2.28. The maximum atomic E-state index is 12.9. The summed E-state index contributed by atoms with van der Waals surface area (Å²) >= 11 is 12.0. The highest BCUT2D eigenvalue weighted by atomic mass is 35.5. The number of imidazole rings is 1. The van der Waals surface area contributed by atoms with Gasteiger partial charge in [0.15, 0.2) is 0 Å². The van der Waals surface area contributed by atoms with E-state index in [2.05, 4.69) is 11.1 Å².